The van der Waals surface area contributed by atoms with E-state index in [4.69, 9.17) is 19.8 Å². The molecule has 2 aromatic carbocycles. The first kappa shape index (κ1) is 5.29. The van der Waals surface area contributed by atoms with E-state index < -0.39 is 44.1 Å². The molecule has 0 fully saturated rings. The summed E-state index contributed by atoms with van der Waals surface area (Å²) in [4.78, 5) is 0. The van der Waals surface area contributed by atoms with Crippen LogP contribution in [-0.4, -0.2) is 13.5 Å². The molecule has 0 aliphatic heterocycles. The molecule has 0 saturated carbocycles. The third-order valence-corrected chi connectivity index (χ3v) is 2.43. The van der Waals surface area contributed by atoms with Crippen LogP contribution >= 0.6 is 0 Å². The number of hydrogen-bond acceptors (Lipinski definition) is 2. The predicted octanol–water partition coefficient (Wildman–Crippen LogP) is 3.72. The van der Waals surface area contributed by atoms with Crippen LogP contribution in [0.25, 0.3) is 0 Å². The van der Waals surface area contributed by atoms with E-state index in [0.29, 0.717) is 0 Å². The van der Waals surface area contributed by atoms with Crippen LogP contribution in [-0.2, 0) is 0 Å². The molecule has 2 aromatic rings. The Morgan fingerprint density at radius 1 is 1.32 bits per heavy atom. The molecule has 2 rings (SSSR count). The SMILES string of the molecule is [2H]c1c([2H])c([2H])c(OC(c2ccccc2)C([2H])([2H])C([2H])([2H])NC([2H])([2H])[2H])c(C)c1[2H]. The minimum atomic E-state index is -3.09. The second-order valence-corrected chi connectivity index (χ2v) is 3.76. The highest BCUT2D eigenvalue weighted by Crippen LogP contribution is 2.26. The zero-order chi connectivity index (χ0) is 23.1. The van der Waals surface area contributed by atoms with Gasteiger partial charge in [-0.1, -0.05) is 48.5 Å². The van der Waals surface area contributed by atoms with Crippen LogP contribution in [0.5, 0.6) is 5.75 Å². The van der Waals surface area contributed by atoms with E-state index >= 15 is 0 Å². The number of nitrogens with one attached hydrogen (secondary N) is 1. The quantitative estimate of drug-likeness (QED) is 0.860. The van der Waals surface area contributed by atoms with Crippen molar-refractivity contribution in [3.63, 3.8) is 0 Å². The molecule has 0 aliphatic carbocycles. The molecule has 2 heteroatoms. The fourth-order valence-corrected chi connectivity index (χ4v) is 1.51. The molecule has 100 valence electrons. The average Bonchev–Trinajstić information content (AvgIpc) is 2.63. The summed E-state index contributed by atoms with van der Waals surface area (Å²) in [6, 6.07) is 5.68. The number of rotatable bonds is 6. The van der Waals surface area contributed by atoms with E-state index in [-0.39, 0.29) is 22.9 Å². The van der Waals surface area contributed by atoms with Gasteiger partial charge in [-0.3, -0.25) is 0 Å². The van der Waals surface area contributed by atoms with E-state index in [1.54, 1.807) is 23.5 Å². The Bertz CT molecular complexity index is 883. The van der Waals surface area contributed by atoms with Gasteiger partial charge in [0, 0.05) is 16.0 Å². The van der Waals surface area contributed by atoms with Crippen molar-refractivity contribution < 1.29 is 19.8 Å². The number of hydrogen-bond donors (Lipinski definition) is 1. The van der Waals surface area contributed by atoms with Crippen molar-refractivity contribution in [3.05, 3.63) is 65.6 Å². The summed E-state index contributed by atoms with van der Waals surface area (Å²) in [5, 5.41) is 1.66. The Morgan fingerprint density at radius 3 is 2.89 bits per heavy atom. The second-order valence-electron chi connectivity index (χ2n) is 3.76. The average molecular weight is 266 g/mol. The van der Waals surface area contributed by atoms with Gasteiger partial charge in [0.2, 0.25) is 0 Å². The van der Waals surface area contributed by atoms with Gasteiger partial charge in [-0.05, 0) is 37.6 Å². The highest BCUT2D eigenvalue weighted by Gasteiger charge is 2.13. The van der Waals surface area contributed by atoms with E-state index in [1.807, 2.05) is 0 Å². The summed E-state index contributed by atoms with van der Waals surface area (Å²) < 4.78 is 92.0. The minimum absolute atomic E-state index is 0.0158. The van der Waals surface area contributed by atoms with Gasteiger partial charge in [0.15, 0.2) is 0 Å². The maximum atomic E-state index is 8.41. The van der Waals surface area contributed by atoms with Crippen LogP contribution in [0.3, 0.4) is 0 Å². The van der Waals surface area contributed by atoms with E-state index in [2.05, 4.69) is 0 Å². The van der Waals surface area contributed by atoms with Gasteiger partial charge < -0.3 is 10.1 Å². The number of para-hydroxylation sites is 1. The van der Waals surface area contributed by atoms with Crippen molar-refractivity contribution in [2.24, 2.45) is 0 Å². The lowest BCUT2D eigenvalue weighted by Crippen LogP contribution is -2.16. The maximum absolute atomic E-state index is 8.41. The Balaban J connectivity index is 2.65. The summed E-state index contributed by atoms with van der Waals surface area (Å²) >= 11 is 0. The zero-order valence-corrected chi connectivity index (χ0v) is 10.4. The Labute approximate surface area is 130 Å². The standard InChI is InChI=1S/C17H21NO/c1-14-8-6-7-11-16(14)19-17(12-13-18-2)15-9-4-3-5-10-15/h3-11,17-18H,12-13H2,1-2H3/i2D3,6D,7D,8D,11D,12D2,13D2. The van der Waals surface area contributed by atoms with Gasteiger partial charge in [0.25, 0.3) is 0 Å². The first-order chi connectivity index (χ1) is 13.6. The third-order valence-electron chi connectivity index (χ3n) is 2.43. The van der Waals surface area contributed by atoms with E-state index in [1.165, 1.54) is 19.1 Å². The first-order valence-electron chi connectivity index (χ1n) is 11.2. The van der Waals surface area contributed by atoms with Gasteiger partial charge in [0.1, 0.15) is 11.9 Å². The first-order valence-corrected chi connectivity index (χ1v) is 5.68. The van der Waals surface area contributed by atoms with Crippen molar-refractivity contribution in [2.75, 3.05) is 13.5 Å². The summed E-state index contributed by atoms with van der Waals surface area (Å²) in [5.41, 5.74) is 0.174. The van der Waals surface area contributed by atoms with Gasteiger partial charge in [-0.25, -0.2) is 0 Å². The summed E-state index contributed by atoms with van der Waals surface area (Å²) in [7, 11) is 0. The van der Waals surface area contributed by atoms with Crippen LogP contribution in [0.2, 0.25) is 0 Å². The van der Waals surface area contributed by atoms with E-state index in [9.17, 15) is 0 Å². The molecular formula is C17H21NO. The Kier molecular flexibility index (Phi) is 1.94. The second kappa shape index (κ2) is 6.95. The van der Waals surface area contributed by atoms with Crippen molar-refractivity contribution in [1.29, 1.82) is 0 Å². The summed E-state index contributed by atoms with van der Waals surface area (Å²) in [5.74, 6) is -0.344. The molecule has 0 radical (unpaired) electrons. The monoisotopic (exact) mass is 266 g/mol. The summed E-state index contributed by atoms with van der Waals surface area (Å²) in [6.07, 6.45) is -4.70. The van der Waals surface area contributed by atoms with Gasteiger partial charge in [-0.15, -0.1) is 0 Å². The topological polar surface area (TPSA) is 21.3 Å². The Hall–Kier alpha value is -1.80. The molecule has 19 heavy (non-hydrogen) atoms. The number of ether oxygens (including phenoxy) is 1. The molecule has 0 saturated heterocycles. The van der Waals surface area contributed by atoms with Crippen LogP contribution < -0.4 is 10.1 Å². The molecule has 2 nitrogen and oxygen atoms in total. The van der Waals surface area contributed by atoms with Crippen molar-refractivity contribution in [2.45, 2.75) is 19.4 Å². The minimum Gasteiger partial charge on any atom is -0.485 e. The molecule has 0 aromatic heterocycles. The molecule has 1 unspecified atom stereocenters. The lowest BCUT2D eigenvalue weighted by atomic mass is 10.1. The van der Waals surface area contributed by atoms with Gasteiger partial charge >= 0.3 is 0 Å². The molecule has 1 atom stereocenters. The fraction of sp³-hybridized carbons (Fsp3) is 0.294. The molecule has 1 N–H and O–H groups in total. The molecule has 0 amide bonds. The maximum Gasteiger partial charge on any atom is 0.125 e. The van der Waals surface area contributed by atoms with Gasteiger partial charge in [-0.2, -0.15) is 0 Å². The summed E-state index contributed by atoms with van der Waals surface area (Å²) in [6.45, 7) is -4.69. The van der Waals surface area contributed by atoms with E-state index in [0.717, 1.165) is 0 Å². The van der Waals surface area contributed by atoms with Crippen molar-refractivity contribution in [3.8, 4) is 5.75 Å². The van der Waals surface area contributed by atoms with Crippen LogP contribution in [0.15, 0.2) is 54.5 Å². The van der Waals surface area contributed by atoms with Crippen molar-refractivity contribution in [1.82, 2.24) is 5.32 Å². The largest absolute Gasteiger partial charge is 0.485 e. The van der Waals surface area contributed by atoms with Crippen LogP contribution in [0.4, 0.5) is 0 Å². The smallest absolute Gasteiger partial charge is 0.125 e. The molecule has 0 bridgehead atoms. The highest BCUT2D eigenvalue weighted by atomic mass is 16.5. The molecule has 0 spiro atoms. The normalized spacial score (nSPS) is 22.7. The van der Waals surface area contributed by atoms with Crippen LogP contribution in [0, 0.1) is 6.92 Å². The lowest BCUT2D eigenvalue weighted by molar-refractivity contribution is 0.193. The highest BCUT2D eigenvalue weighted by molar-refractivity contribution is 5.33. The zero-order valence-electron chi connectivity index (χ0n) is 21.4. The van der Waals surface area contributed by atoms with Crippen molar-refractivity contribution >= 4 is 0 Å². The lowest BCUT2D eigenvalue weighted by Gasteiger charge is -2.20. The molecule has 0 heterocycles. The van der Waals surface area contributed by atoms with Crippen LogP contribution in [0.1, 0.15) is 38.7 Å². The third kappa shape index (κ3) is 3.83. The molecule has 0 aliphatic rings. The predicted molar refractivity (Wildman–Crippen MR) is 79.5 cm³/mol. The van der Waals surface area contributed by atoms with Gasteiger partial charge in [0.05, 0.1) is 5.48 Å². The molecular weight excluding hydrogens is 234 g/mol. The Morgan fingerprint density at radius 2 is 2.11 bits per heavy atom. The number of benzene rings is 2. The fourth-order valence-electron chi connectivity index (χ4n) is 1.51.